The van der Waals surface area contributed by atoms with E-state index in [-0.39, 0.29) is 11.0 Å². The maximum absolute atomic E-state index is 11.9. The van der Waals surface area contributed by atoms with Gasteiger partial charge in [0.2, 0.25) is 5.91 Å². The standard InChI is InChI=1S/C9H9Cl2N3OS2/c1-8(4-9(8,10)11)5(15)13-6(16)14-7-12-2-3-17-7/h2-3H,4H2,1H3,(H2,12,13,14,15,16)/t8-/m1/s1. The molecule has 0 unspecified atom stereocenters. The summed E-state index contributed by atoms with van der Waals surface area (Å²) in [5.74, 6) is -0.281. The molecule has 2 N–H and O–H groups in total. The summed E-state index contributed by atoms with van der Waals surface area (Å²) >= 11 is 18.2. The summed E-state index contributed by atoms with van der Waals surface area (Å²) in [7, 11) is 0. The van der Waals surface area contributed by atoms with Crippen molar-refractivity contribution in [2.24, 2.45) is 5.41 Å². The summed E-state index contributed by atoms with van der Waals surface area (Å²) in [4.78, 5) is 15.8. The van der Waals surface area contributed by atoms with Gasteiger partial charge >= 0.3 is 0 Å². The van der Waals surface area contributed by atoms with Crippen LogP contribution in [0.15, 0.2) is 11.6 Å². The molecule has 8 heteroatoms. The second kappa shape index (κ2) is 4.35. The number of nitrogens with zero attached hydrogens (tertiary/aromatic N) is 1. The molecule has 1 aliphatic carbocycles. The molecule has 2 rings (SSSR count). The largest absolute Gasteiger partial charge is 0.308 e. The number of halogens is 2. The monoisotopic (exact) mass is 309 g/mol. The van der Waals surface area contributed by atoms with Gasteiger partial charge in [0.1, 0.15) is 4.33 Å². The molecule has 1 saturated carbocycles. The Morgan fingerprint density at radius 3 is 2.76 bits per heavy atom. The lowest BCUT2D eigenvalue weighted by Crippen LogP contribution is -2.40. The fraction of sp³-hybridized carbons (Fsp3) is 0.444. The average Bonchev–Trinajstić information content (AvgIpc) is 2.64. The number of rotatable bonds is 2. The van der Waals surface area contributed by atoms with Crippen LogP contribution in [0.25, 0.3) is 0 Å². The van der Waals surface area contributed by atoms with E-state index in [4.69, 9.17) is 35.4 Å². The number of hydrogen-bond donors (Lipinski definition) is 2. The summed E-state index contributed by atoms with van der Waals surface area (Å²) in [6.07, 6.45) is 2.07. The van der Waals surface area contributed by atoms with Gasteiger partial charge in [-0.1, -0.05) is 0 Å². The van der Waals surface area contributed by atoms with E-state index in [2.05, 4.69) is 15.6 Å². The van der Waals surface area contributed by atoms with Gasteiger partial charge in [-0.3, -0.25) is 4.79 Å². The SMILES string of the molecule is C[C@]1(C(=O)NC(=S)Nc2nccs2)CC1(Cl)Cl. The highest BCUT2D eigenvalue weighted by Gasteiger charge is 2.68. The van der Waals surface area contributed by atoms with Gasteiger partial charge in [0.25, 0.3) is 0 Å². The summed E-state index contributed by atoms with van der Waals surface area (Å²) in [5.41, 5.74) is -0.773. The van der Waals surface area contributed by atoms with E-state index in [1.807, 2.05) is 0 Å². The third-order valence-corrected chi connectivity index (χ3v) is 4.63. The highest BCUT2D eigenvalue weighted by atomic mass is 35.5. The van der Waals surface area contributed by atoms with E-state index >= 15 is 0 Å². The number of thiocarbonyl (C=S) groups is 1. The molecular formula is C9H9Cl2N3OS2. The van der Waals surface area contributed by atoms with E-state index in [0.717, 1.165) is 0 Å². The molecular weight excluding hydrogens is 301 g/mol. The van der Waals surface area contributed by atoms with Crippen LogP contribution >= 0.6 is 46.8 Å². The lowest BCUT2D eigenvalue weighted by molar-refractivity contribution is -0.124. The summed E-state index contributed by atoms with van der Waals surface area (Å²) in [5, 5.41) is 7.98. The van der Waals surface area contributed by atoms with Gasteiger partial charge in [-0.05, 0) is 25.6 Å². The predicted molar refractivity (Wildman–Crippen MR) is 73.6 cm³/mol. The minimum Gasteiger partial charge on any atom is -0.308 e. The molecule has 92 valence electrons. The Kier molecular flexibility index (Phi) is 3.33. The van der Waals surface area contributed by atoms with Crippen molar-refractivity contribution in [2.45, 2.75) is 17.7 Å². The Hall–Kier alpha value is -0.430. The first kappa shape index (κ1) is 13.0. The van der Waals surface area contributed by atoms with Crippen molar-refractivity contribution >= 4 is 62.9 Å². The zero-order valence-electron chi connectivity index (χ0n) is 8.79. The second-order valence-corrected chi connectivity index (χ2v) is 6.75. The molecule has 17 heavy (non-hydrogen) atoms. The number of carbonyl (C=O) groups excluding carboxylic acids is 1. The summed E-state index contributed by atoms with van der Waals surface area (Å²) < 4.78 is -0.992. The smallest absolute Gasteiger partial charge is 0.235 e. The molecule has 0 saturated heterocycles. The molecule has 4 nitrogen and oxygen atoms in total. The number of thiazole rings is 1. The minimum absolute atomic E-state index is 0.196. The van der Waals surface area contributed by atoms with Crippen molar-refractivity contribution in [3.63, 3.8) is 0 Å². The molecule has 1 heterocycles. The van der Waals surface area contributed by atoms with E-state index in [0.29, 0.717) is 11.6 Å². The molecule has 0 aliphatic heterocycles. The van der Waals surface area contributed by atoms with Gasteiger partial charge in [0, 0.05) is 11.6 Å². The molecule has 1 amide bonds. The van der Waals surface area contributed by atoms with Crippen LogP contribution in [0.4, 0.5) is 5.13 Å². The average molecular weight is 310 g/mol. The van der Waals surface area contributed by atoms with Crippen molar-refractivity contribution in [1.82, 2.24) is 10.3 Å². The Balaban J connectivity index is 1.90. The number of alkyl halides is 2. The highest BCUT2D eigenvalue weighted by Crippen LogP contribution is 2.63. The molecule has 0 spiro atoms. The zero-order chi connectivity index (χ0) is 12.7. The lowest BCUT2D eigenvalue weighted by atomic mass is 10.1. The second-order valence-electron chi connectivity index (χ2n) is 3.96. The fourth-order valence-electron chi connectivity index (χ4n) is 1.30. The first-order valence-electron chi connectivity index (χ1n) is 4.75. The Bertz CT molecular complexity index is 463. The van der Waals surface area contributed by atoms with Crippen molar-refractivity contribution in [1.29, 1.82) is 0 Å². The van der Waals surface area contributed by atoms with E-state index < -0.39 is 9.75 Å². The predicted octanol–water partition coefficient (Wildman–Crippen LogP) is 2.54. The molecule has 0 bridgehead atoms. The van der Waals surface area contributed by atoms with Gasteiger partial charge < -0.3 is 10.6 Å². The maximum Gasteiger partial charge on any atom is 0.235 e. The van der Waals surface area contributed by atoms with E-state index in [1.165, 1.54) is 11.3 Å². The Morgan fingerprint density at radius 1 is 1.65 bits per heavy atom. The minimum atomic E-state index is -0.992. The van der Waals surface area contributed by atoms with E-state index in [9.17, 15) is 4.79 Å². The normalized spacial score (nSPS) is 25.1. The van der Waals surface area contributed by atoms with Gasteiger partial charge in [-0.2, -0.15) is 0 Å². The first-order valence-corrected chi connectivity index (χ1v) is 6.79. The number of hydrogen-bond acceptors (Lipinski definition) is 4. The molecule has 1 aromatic rings. The number of aromatic nitrogens is 1. The molecule has 1 fully saturated rings. The van der Waals surface area contributed by atoms with Crippen LogP contribution in [-0.4, -0.2) is 20.3 Å². The van der Waals surface area contributed by atoms with Gasteiger partial charge in [-0.25, -0.2) is 4.98 Å². The number of anilines is 1. The Labute approximate surface area is 118 Å². The molecule has 0 radical (unpaired) electrons. The van der Waals surface area contributed by atoms with Crippen LogP contribution in [0.3, 0.4) is 0 Å². The van der Waals surface area contributed by atoms with Crippen LogP contribution in [0.2, 0.25) is 0 Å². The van der Waals surface area contributed by atoms with Crippen LogP contribution < -0.4 is 10.6 Å². The summed E-state index contributed by atoms with van der Waals surface area (Å²) in [6.45, 7) is 1.70. The number of carbonyl (C=O) groups is 1. The topological polar surface area (TPSA) is 54.0 Å². The number of amides is 1. The Morgan fingerprint density at radius 2 is 2.29 bits per heavy atom. The molecule has 1 aromatic heterocycles. The van der Waals surface area contributed by atoms with Crippen LogP contribution in [-0.2, 0) is 4.79 Å². The van der Waals surface area contributed by atoms with Crippen molar-refractivity contribution in [2.75, 3.05) is 5.32 Å². The fourth-order valence-corrected chi connectivity index (χ4v) is 2.79. The van der Waals surface area contributed by atoms with Crippen molar-refractivity contribution in [3.05, 3.63) is 11.6 Å². The maximum atomic E-state index is 11.9. The third kappa shape index (κ3) is 2.54. The van der Waals surface area contributed by atoms with Crippen molar-refractivity contribution < 1.29 is 4.79 Å². The van der Waals surface area contributed by atoms with Gasteiger partial charge in [-0.15, -0.1) is 34.5 Å². The third-order valence-electron chi connectivity index (χ3n) is 2.64. The van der Waals surface area contributed by atoms with Crippen molar-refractivity contribution in [3.8, 4) is 0 Å². The van der Waals surface area contributed by atoms with Gasteiger partial charge in [0.15, 0.2) is 10.2 Å². The highest BCUT2D eigenvalue weighted by molar-refractivity contribution is 7.80. The summed E-state index contributed by atoms with van der Waals surface area (Å²) in [6, 6.07) is 0. The molecule has 1 atom stereocenters. The first-order chi connectivity index (χ1) is 7.85. The molecule has 1 aliphatic rings. The van der Waals surface area contributed by atoms with E-state index in [1.54, 1.807) is 18.5 Å². The zero-order valence-corrected chi connectivity index (χ0v) is 11.9. The van der Waals surface area contributed by atoms with Crippen LogP contribution in [0.5, 0.6) is 0 Å². The van der Waals surface area contributed by atoms with Crippen LogP contribution in [0, 0.1) is 5.41 Å². The number of nitrogens with one attached hydrogen (secondary N) is 2. The quantitative estimate of drug-likeness (QED) is 0.651. The lowest BCUT2D eigenvalue weighted by Gasteiger charge is -2.13. The molecule has 0 aromatic carbocycles. The van der Waals surface area contributed by atoms with Crippen LogP contribution in [0.1, 0.15) is 13.3 Å². The van der Waals surface area contributed by atoms with Gasteiger partial charge in [0.05, 0.1) is 5.41 Å².